The molecule has 0 amide bonds. The summed E-state index contributed by atoms with van der Waals surface area (Å²) in [6.45, 7) is 3.85. The van der Waals surface area contributed by atoms with E-state index >= 15 is 0 Å². The van der Waals surface area contributed by atoms with Gasteiger partial charge in [0, 0.05) is 18.3 Å². The van der Waals surface area contributed by atoms with Crippen LogP contribution in [0.15, 0.2) is 47.5 Å². The molecule has 8 heteroatoms. The van der Waals surface area contributed by atoms with Gasteiger partial charge in [-0.25, -0.2) is 18.1 Å². The maximum atomic E-state index is 12.6. The molecule has 0 saturated heterocycles. The standard InChI is InChI=1S/C20H25ClN2O4S/c1-14(2)26-17-8-10-19(11-9-17)28(24,25)23-16-4-6-18(7-5-16)27-20-12-3-15(21)13-22-20/h3,8-14,16,18,23H,4-7H2,1-2H3. The fourth-order valence-electron chi connectivity index (χ4n) is 3.16. The summed E-state index contributed by atoms with van der Waals surface area (Å²) in [6.07, 6.45) is 4.58. The van der Waals surface area contributed by atoms with Crippen LogP contribution in [-0.4, -0.2) is 31.7 Å². The maximum absolute atomic E-state index is 12.6. The smallest absolute Gasteiger partial charge is 0.240 e. The number of sulfonamides is 1. The number of benzene rings is 1. The highest BCUT2D eigenvalue weighted by Gasteiger charge is 2.27. The van der Waals surface area contributed by atoms with Crippen LogP contribution < -0.4 is 14.2 Å². The minimum absolute atomic E-state index is 0.0295. The molecule has 0 bridgehead atoms. The summed E-state index contributed by atoms with van der Waals surface area (Å²) in [4.78, 5) is 4.38. The number of ether oxygens (including phenoxy) is 2. The van der Waals surface area contributed by atoms with Crippen LogP contribution in [-0.2, 0) is 10.0 Å². The van der Waals surface area contributed by atoms with E-state index in [1.54, 1.807) is 42.6 Å². The van der Waals surface area contributed by atoms with E-state index in [2.05, 4.69) is 9.71 Å². The Morgan fingerprint density at radius 2 is 1.75 bits per heavy atom. The van der Waals surface area contributed by atoms with Gasteiger partial charge in [-0.15, -0.1) is 0 Å². The maximum Gasteiger partial charge on any atom is 0.240 e. The average molecular weight is 425 g/mol. The molecule has 1 heterocycles. The molecule has 2 aromatic rings. The first-order valence-corrected chi connectivity index (χ1v) is 11.3. The summed E-state index contributed by atoms with van der Waals surface area (Å²) >= 11 is 5.83. The third kappa shape index (κ3) is 5.83. The van der Waals surface area contributed by atoms with Gasteiger partial charge in [0.2, 0.25) is 15.9 Å². The molecule has 3 rings (SSSR count). The van der Waals surface area contributed by atoms with Gasteiger partial charge in [0.1, 0.15) is 11.9 Å². The van der Waals surface area contributed by atoms with E-state index in [0.29, 0.717) is 29.5 Å². The van der Waals surface area contributed by atoms with E-state index in [0.717, 1.165) is 12.8 Å². The fraction of sp³-hybridized carbons (Fsp3) is 0.450. The molecule has 0 radical (unpaired) electrons. The molecule has 0 spiro atoms. The average Bonchev–Trinajstić information content (AvgIpc) is 2.65. The second-order valence-electron chi connectivity index (χ2n) is 7.17. The summed E-state index contributed by atoms with van der Waals surface area (Å²) in [6, 6.07) is 9.87. The molecule has 1 N–H and O–H groups in total. The summed E-state index contributed by atoms with van der Waals surface area (Å²) in [5.41, 5.74) is 0. The molecule has 28 heavy (non-hydrogen) atoms. The third-order valence-electron chi connectivity index (χ3n) is 4.49. The van der Waals surface area contributed by atoms with Crippen molar-refractivity contribution in [3.05, 3.63) is 47.6 Å². The van der Waals surface area contributed by atoms with E-state index in [-0.39, 0.29) is 23.1 Å². The number of halogens is 1. The molecule has 0 unspecified atom stereocenters. The Kier molecular flexibility index (Phi) is 6.80. The van der Waals surface area contributed by atoms with Crippen molar-refractivity contribution in [3.63, 3.8) is 0 Å². The molecule has 0 aliphatic heterocycles. The van der Waals surface area contributed by atoms with Gasteiger partial charge in [-0.2, -0.15) is 0 Å². The zero-order valence-corrected chi connectivity index (χ0v) is 17.5. The van der Waals surface area contributed by atoms with E-state index in [9.17, 15) is 8.42 Å². The Morgan fingerprint density at radius 1 is 1.07 bits per heavy atom. The van der Waals surface area contributed by atoms with Crippen molar-refractivity contribution in [2.75, 3.05) is 0 Å². The van der Waals surface area contributed by atoms with E-state index in [4.69, 9.17) is 21.1 Å². The number of pyridine rings is 1. The second kappa shape index (κ2) is 9.11. The molecule has 1 aromatic heterocycles. The molecule has 1 aliphatic carbocycles. The van der Waals surface area contributed by atoms with Gasteiger partial charge in [0.25, 0.3) is 0 Å². The Morgan fingerprint density at radius 3 is 2.32 bits per heavy atom. The Labute approximate surface area is 171 Å². The summed E-state index contributed by atoms with van der Waals surface area (Å²) < 4.78 is 39.5. The molecule has 1 fully saturated rings. The summed E-state index contributed by atoms with van der Waals surface area (Å²) in [5.74, 6) is 1.19. The third-order valence-corrected chi connectivity index (χ3v) is 6.25. The van der Waals surface area contributed by atoms with Gasteiger partial charge in [-0.1, -0.05) is 11.6 Å². The lowest BCUT2D eigenvalue weighted by molar-refractivity contribution is 0.138. The minimum atomic E-state index is -3.56. The van der Waals surface area contributed by atoms with Crippen molar-refractivity contribution in [3.8, 4) is 11.6 Å². The normalized spacial score (nSPS) is 20.1. The van der Waals surface area contributed by atoms with Crippen molar-refractivity contribution < 1.29 is 17.9 Å². The number of rotatable bonds is 7. The topological polar surface area (TPSA) is 77.5 Å². The highest BCUT2D eigenvalue weighted by atomic mass is 35.5. The van der Waals surface area contributed by atoms with Crippen molar-refractivity contribution in [2.45, 2.75) is 62.7 Å². The molecular formula is C20H25ClN2O4S. The SMILES string of the molecule is CC(C)Oc1ccc(S(=O)(=O)NC2CCC(Oc3ccc(Cl)cn3)CC2)cc1. The molecule has 1 aromatic carbocycles. The Balaban J connectivity index is 1.52. The zero-order valence-electron chi connectivity index (χ0n) is 16.0. The predicted molar refractivity (Wildman–Crippen MR) is 108 cm³/mol. The highest BCUT2D eigenvalue weighted by molar-refractivity contribution is 7.89. The first-order chi connectivity index (χ1) is 13.3. The minimum Gasteiger partial charge on any atom is -0.491 e. The first-order valence-electron chi connectivity index (χ1n) is 9.39. The Hall–Kier alpha value is -1.83. The van der Waals surface area contributed by atoms with Crippen molar-refractivity contribution in [1.29, 1.82) is 0 Å². The molecule has 6 nitrogen and oxygen atoms in total. The largest absolute Gasteiger partial charge is 0.491 e. The predicted octanol–water partition coefficient (Wildman–Crippen LogP) is 4.19. The lowest BCUT2D eigenvalue weighted by atomic mass is 9.94. The van der Waals surface area contributed by atoms with Gasteiger partial charge < -0.3 is 9.47 Å². The number of aromatic nitrogens is 1. The molecule has 0 atom stereocenters. The second-order valence-corrected chi connectivity index (χ2v) is 9.32. The first kappa shape index (κ1) is 20.9. The van der Waals surface area contributed by atoms with Crippen molar-refractivity contribution in [1.82, 2.24) is 9.71 Å². The highest BCUT2D eigenvalue weighted by Crippen LogP contribution is 2.25. The number of hydrogen-bond donors (Lipinski definition) is 1. The zero-order chi connectivity index (χ0) is 20.1. The van der Waals surface area contributed by atoms with Crippen molar-refractivity contribution >= 4 is 21.6 Å². The van der Waals surface area contributed by atoms with Crippen molar-refractivity contribution in [2.24, 2.45) is 0 Å². The molecule has 1 aliphatic rings. The fourth-order valence-corrected chi connectivity index (χ4v) is 4.58. The quantitative estimate of drug-likeness (QED) is 0.721. The van der Waals surface area contributed by atoms with Crippen LogP contribution in [0.3, 0.4) is 0 Å². The van der Waals surface area contributed by atoms with Crippen LogP contribution in [0.1, 0.15) is 39.5 Å². The van der Waals surface area contributed by atoms with Gasteiger partial charge >= 0.3 is 0 Å². The van der Waals surface area contributed by atoms with Crippen LogP contribution in [0.25, 0.3) is 0 Å². The molecule has 152 valence electrons. The van der Waals surface area contributed by atoms with E-state index in [1.807, 2.05) is 13.8 Å². The monoisotopic (exact) mass is 424 g/mol. The van der Waals surface area contributed by atoms with Crippen LogP contribution in [0.4, 0.5) is 0 Å². The Bertz CT molecular complexity index is 862. The lowest BCUT2D eigenvalue weighted by Gasteiger charge is -2.29. The number of nitrogens with zero attached hydrogens (tertiary/aromatic N) is 1. The molecular weight excluding hydrogens is 400 g/mol. The number of hydrogen-bond acceptors (Lipinski definition) is 5. The molecule has 1 saturated carbocycles. The van der Waals surface area contributed by atoms with E-state index < -0.39 is 10.0 Å². The van der Waals surface area contributed by atoms with Crippen LogP contribution in [0.5, 0.6) is 11.6 Å². The van der Waals surface area contributed by atoms with Gasteiger partial charge in [0.05, 0.1) is 16.0 Å². The summed E-state index contributed by atoms with van der Waals surface area (Å²) in [5, 5.41) is 0.564. The lowest BCUT2D eigenvalue weighted by Crippen LogP contribution is -2.39. The van der Waals surface area contributed by atoms with Gasteiger partial charge in [-0.05, 0) is 69.9 Å². The van der Waals surface area contributed by atoms with Gasteiger partial charge in [0.15, 0.2) is 0 Å². The van der Waals surface area contributed by atoms with Crippen LogP contribution in [0.2, 0.25) is 5.02 Å². The number of nitrogens with one attached hydrogen (secondary N) is 1. The summed E-state index contributed by atoms with van der Waals surface area (Å²) in [7, 11) is -3.56. The van der Waals surface area contributed by atoms with Crippen LogP contribution >= 0.6 is 11.6 Å². The van der Waals surface area contributed by atoms with Crippen LogP contribution in [0, 0.1) is 0 Å². The van der Waals surface area contributed by atoms with E-state index in [1.165, 1.54) is 0 Å². The van der Waals surface area contributed by atoms with Gasteiger partial charge in [-0.3, -0.25) is 0 Å².